The number of nitrogens with zero attached hydrogens (tertiary/aromatic N) is 3. The molecule has 94 valence electrons. The highest BCUT2D eigenvalue weighted by atomic mass is 15.3. The average Bonchev–Trinajstić information content (AvgIpc) is 2.35. The Bertz CT molecular complexity index is 349. The van der Waals surface area contributed by atoms with E-state index in [0.717, 1.165) is 32.0 Å². The molecule has 0 spiro atoms. The normalized spacial score (nSPS) is 22.6. The molecule has 4 heteroatoms. The summed E-state index contributed by atoms with van der Waals surface area (Å²) in [7, 11) is 4.09. The molecule has 1 saturated heterocycles. The van der Waals surface area contributed by atoms with Crippen LogP contribution in [0.25, 0.3) is 0 Å². The second-order valence-corrected chi connectivity index (χ2v) is 4.87. The zero-order valence-electron chi connectivity index (χ0n) is 11.0. The van der Waals surface area contributed by atoms with Gasteiger partial charge in [0.1, 0.15) is 5.82 Å². The standard InChI is InChI=1S/C13H22N4/c1-11-9-17(7-6-16(11)3)10-12-4-5-13(14-2)15-8-12/h4-5,8,11H,6-7,9-10H2,1-3H3,(H,14,15). The lowest BCUT2D eigenvalue weighted by Crippen LogP contribution is -2.49. The first-order valence-corrected chi connectivity index (χ1v) is 6.24. The van der Waals surface area contributed by atoms with Gasteiger partial charge in [0.2, 0.25) is 0 Å². The molecule has 1 fully saturated rings. The molecule has 0 aliphatic carbocycles. The van der Waals surface area contributed by atoms with Gasteiger partial charge >= 0.3 is 0 Å². The zero-order chi connectivity index (χ0) is 12.3. The van der Waals surface area contributed by atoms with Crippen molar-refractivity contribution in [1.82, 2.24) is 14.8 Å². The predicted molar refractivity (Wildman–Crippen MR) is 71.2 cm³/mol. The minimum Gasteiger partial charge on any atom is -0.373 e. The number of aromatic nitrogens is 1. The van der Waals surface area contributed by atoms with Crippen LogP contribution in [0.2, 0.25) is 0 Å². The lowest BCUT2D eigenvalue weighted by atomic mass is 10.2. The fourth-order valence-corrected chi connectivity index (χ4v) is 2.19. The predicted octanol–water partition coefficient (Wildman–Crippen LogP) is 1.26. The van der Waals surface area contributed by atoms with E-state index in [1.165, 1.54) is 5.56 Å². The molecule has 0 bridgehead atoms. The number of likely N-dealkylation sites (N-methyl/N-ethyl adjacent to an activating group) is 1. The molecule has 1 unspecified atom stereocenters. The van der Waals surface area contributed by atoms with E-state index < -0.39 is 0 Å². The molecule has 2 heterocycles. The third-order valence-corrected chi connectivity index (χ3v) is 3.53. The number of hydrogen-bond donors (Lipinski definition) is 1. The summed E-state index contributed by atoms with van der Waals surface area (Å²) >= 11 is 0. The highest BCUT2D eigenvalue weighted by Crippen LogP contribution is 2.12. The van der Waals surface area contributed by atoms with Gasteiger partial charge < -0.3 is 10.2 Å². The van der Waals surface area contributed by atoms with Gasteiger partial charge in [0.25, 0.3) is 0 Å². The van der Waals surface area contributed by atoms with Crippen molar-refractivity contribution < 1.29 is 0 Å². The van der Waals surface area contributed by atoms with Crippen molar-refractivity contribution in [2.75, 3.05) is 39.0 Å². The molecule has 1 atom stereocenters. The molecule has 1 aliphatic rings. The van der Waals surface area contributed by atoms with Gasteiger partial charge in [0, 0.05) is 45.5 Å². The number of piperazine rings is 1. The number of hydrogen-bond acceptors (Lipinski definition) is 4. The minimum absolute atomic E-state index is 0.647. The summed E-state index contributed by atoms with van der Waals surface area (Å²) in [6.07, 6.45) is 1.97. The van der Waals surface area contributed by atoms with Gasteiger partial charge in [-0.3, -0.25) is 4.90 Å². The van der Waals surface area contributed by atoms with Crippen LogP contribution >= 0.6 is 0 Å². The summed E-state index contributed by atoms with van der Waals surface area (Å²) < 4.78 is 0. The van der Waals surface area contributed by atoms with Crippen LogP contribution in [0, 0.1) is 0 Å². The summed E-state index contributed by atoms with van der Waals surface area (Å²) in [5.41, 5.74) is 1.29. The second-order valence-electron chi connectivity index (χ2n) is 4.87. The fraction of sp³-hybridized carbons (Fsp3) is 0.615. The summed E-state index contributed by atoms with van der Waals surface area (Å²) in [5, 5.41) is 3.04. The summed E-state index contributed by atoms with van der Waals surface area (Å²) in [6.45, 7) is 6.74. The molecule has 1 aliphatic heterocycles. The zero-order valence-corrected chi connectivity index (χ0v) is 11.0. The maximum Gasteiger partial charge on any atom is 0.125 e. The molecule has 0 radical (unpaired) electrons. The topological polar surface area (TPSA) is 31.4 Å². The van der Waals surface area contributed by atoms with Gasteiger partial charge in [-0.2, -0.15) is 0 Å². The first kappa shape index (κ1) is 12.3. The molecular formula is C13H22N4. The van der Waals surface area contributed by atoms with E-state index in [4.69, 9.17) is 0 Å². The molecule has 0 amide bonds. The first-order valence-electron chi connectivity index (χ1n) is 6.24. The molecule has 0 aromatic carbocycles. The average molecular weight is 234 g/mol. The molecule has 17 heavy (non-hydrogen) atoms. The molecule has 2 rings (SSSR count). The van der Waals surface area contributed by atoms with E-state index >= 15 is 0 Å². The van der Waals surface area contributed by atoms with Crippen LogP contribution < -0.4 is 5.32 Å². The van der Waals surface area contributed by atoms with Crippen LogP contribution in [-0.4, -0.2) is 54.6 Å². The van der Waals surface area contributed by atoms with Gasteiger partial charge in [0.05, 0.1) is 0 Å². The van der Waals surface area contributed by atoms with Gasteiger partial charge in [-0.05, 0) is 25.6 Å². The van der Waals surface area contributed by atoms with Crippen molar-refractivity contribution in [2.24, 2.45) is 0 Å². The third-order valence-electron chi connectivity index (χ3n) is 3.53. The SMILES string of the molecule is CNc1ccc(CN2CCN(C)C(C)C2)cn1. The largest absolute Gasteiger partial charge is 0.373 e. The minimum atomic E-state index is 0.647. The summed E-state index contributed by atoms with van der Waals surface area (Å²) in [4.78, 5) is 9.26. The van der Waals surface area contributed by atoms with Crippen molar-refractivity contribution in [2.45, 2.75) is 19.5 Å². The Morgan fingerprint density at radius 2 is 2.24 bits per heavy atom. The molecular weight excluding hydrogens is 212 g/mol. The monoisotopic (exact) mass is 234 g/mol. The maximum atomic E-state index is 4.35. The Morgan fingerprint density at radius 3 is 2.82 bits per heavy atom. The Morgan fingerprint density at radius 1 is 1.41 bits per heavy atom. The Labute approximate surface area is 104 Å². The van der Waals surface area contributed by atoms with E-state index in [9.17, 15) is 0 Å². The quantitative estimate of drug-likeness (QED) is 0.853. The molecule has 4 nitrogen and oxygen atoms in total. The number of rotatable bonds is 3. The van der Waals surface area contributed by atoms with Crippen LogP contribution in [-0.2, 0) is 6.54 Å². The van der Waals surface area contributed by atoms with Crippen LogP contribution in [0.5, 0.6) is 0 Å². The van der Waals surface area contributed by atoms with Crippen LogP contribution in [0.3, 0.4) is 0 Å². The highest BCUT2D eigenvalue weighted by molar-refractivity contribution is 5.34. The Kier molecular flexibility index (Phi) is 3.97. The fourth-order valence-electron chi connectivity index (χ4n) is 2.19. The van der Waals surface area contributed by atoms with Crippen LogP contribution in [0.1, 0.15) is 12.5 Å². The molecule has 1 N–H and O–H groups in total. The number of nitrogens with one attached hydrogen (secondary N) is 1. The number of pyridine rings is 1. The van der Waals surface area contributed by atoms with Crippen molar-refractivity contribution in [3.63, 3.8) is 0 Å². The second kappa shape index (κ2) is 5.47. The highest BCUT2D eigenvalue weighted by Gasteiger charge is 2.20. The first-order chi connectivity index (χ1) is 8.19. The van der Waals surface area contributed by atoms with Crippen molar-refractivity contribution in [1.29, 1.82) is 0 Å². The summed E-state index contributed by atoms with van der Waals surface area (Å²) in [5.74, 6) is 0.931. The Hall–Kier alpha value is -1.13. The molecule has 1 aromatic rings. The molecule has 0 saturated carbocycles. The lowest BCUT2D eigenvalue weighted by molar-refractivity contribution is 0.0999. The van der Waals surface area contributed by atoms with Crippen molar-refractivity contribution in [3.8, 4) is 0 Å². The van der Waals surface area contributed by atoms with Crippen LogP contribution in [0.4, 0.5) is 5.82 Å². The third kappa shape index (κ3) is 3.17. The number of anilines is 1. The lowest BCUT2D eigenvalue weighted by Gasteiger charge is -2.37. The maximum absolute atomic E-state index is 4.35. The Balaban J connectivity index is 1.92. The van der Waals surface area contributed by atoms with E-state index in [-0.39, 0.29) is 0 Å². The van der Waals surface area contributed by atoms with Crippen LogP contribution in [0.15, 0.2) is 18.3 Å². The smallest absolute Gasteiger partial charge is 0.125 e. The van der Waals surface area contributed by atoms with Gasteiger partial charge in [-0.25, -0.2) is 4.98 Å². The van der Waals surface area contributed by atoms with Crippen molar-refractivity contribution >= 4 is 5.82 Å². The van der Waals surface area contributed by atoms with E-state index in [2.05, 4.69) is 40.1 Å². The van der Waals surface area contributed by atoms with Gasteiger partial charge in [0.15, 0.2) is 0 Å². The van der Waals surface area contributed by atoms with Crippen molar-refractivity contribution in [3.05, 3.63) is 23.9 Å². The molecule has 1 aromatic heterocycles. The van der Waals surface area contributed by atoms with Gasteiger partial charge in [-0.1, -0.05) is 6.07 Å². The van der Waals surface area contributed by atoms with Gasteiger partial charge in [-0.15, -0.1) is 0 Å². The summed E-state index contributed by atoms with van der Waals surface area (Å²) in [6, 6.07) is 4.84. The van der Waals surface area contributed by atoms with E-state index in [0.29, 0.717) is 6.04 Å². The van der Waals surface area contributed by atoms with E-state index in [1.54, 1.807) is 0 Å². The van der Waals surface area contributed by atoms with E-state index in [1.807, 2.05) is 19.3 Å².